The number of fused-ring (bicyclic) bond motifs is 1. The Labute approximate surface area is 111 Å². The molecule has 0 saturated heterocycles. The molecule has 0 atom stereocenters. The molecule has 2 aromatic rings. The zero-order chi connectivity index (χ0) is 13.2. The molecule has 3 rings (SSSR count). The molecule has 0 aliphatic carbocycles. The van der Waals surface area contributed by atoms with Crippen molar-refractivity contribution in [3.8, 4) is 6.07 Å². The van der Waals surface area contributed by atoms with Crippen molar-refractivity contribution < 1.29 is 0 Å². The van der Waals surface area contributed by atoms with Gasteiger partial charge < -0.3 is 10.6 Å². The van der Waals surface area contributed by atoms with E-state index in [9.17, 15) is 0 Å². The number of hydrogen-bond acceptors (Lipinski definition) is 5. The van der Waals surface area contributed by atoms with Gasteiger partial charge in [0.1, 0.15) is 11.8 Å². The largest absolute Gasteiger partial charge is 0.398 e. The zero-order valence-corrected chi connectivity index (χ0v) is 10.4. The van der Waals surface area contributed by atoms with Crippen LogP contribution < -0.4 is 10.6 Å². The number of hydrogen-bond donors (Lipinski definition) is 1. The maximum Gasteiger partial charge on any atom is 0.226 e. The molecule has 0 saturated carbocycles. The quantitative estimate of drug-likeness (QED) is 0.777. The fourth-order valence-electron chi connectivity index (χ4n) is 2.37. The lowest BCUT2D eigenvalue weighted by Crippen LogP contribution is -2.32. The Morgan fingerprint density at radius 1 is 1.32 bits per heavy atom. The van der Waals surface area contributed by atoms with Gasteiger partial charge in [0, 0.05) is 25.0 Å². The van der Waals surface area contributed by atoms with E-state index in [0.29, 0.717) is 11.6 Å². The van der Waals surface area contributed by atoms with E-state index in [-0.39, 0.29) is 0 Å². The topological polar surface area (TPSA) is 78.8 Å². The molecular formula is C14H13N5. The maximum atomic E-state index is 8.88. The van der Waals surface area contributed by atoms with E-state index in [0.717, 1.165) is 25.2 Å². The second-order valence-electron chi connectivity index (χ2n) is 4.51. The van der Waals surface area contributed by atoms with Crippen molar-refractivity contribution in [1.82, 2.24) is 9.97 Å². The summed E-state index contributed by atoms with van der Waals surface area (Å²) in [5.74, 6) is 0.604. The molecule has 1 aromatic heterocycles. The lowest BCUT2D eigenvalue weighted by atomic mass is 9.98. The molecule has 2 N–H and O–H groups in total. The monoisotopic (exact) mass is 251 g/mol. The van der Waals surface area contributed by atoms with E-state index in [4.69, 9.17) is 11.0 Å². The number of anilines is 2. The van der Waals surface area contributed by atoms with Crippen LogP contribution in [-0.2, 0) is 13.0 Å². The van der Waals surface area contributed by atoms with Crippen molar-refractivity contribution in [3.05, 3.63) is 47.3 Å². The van der Waals surface area contributed by atoms with Gasteiger partial charge in [-0.3, -0.25) is 0 Å². The van der Waals surface area contributed by atoms with Gasteiger partial charge in [0.25, 0.3) is 0 Å². The maximum absolute atomic E-state index is 8.88. The molecule has 0 unspecified atom stereocenters. The van der Waals surface area contributed by atoms with Crippen LogP contribution in [0.5, 0.6) is 0 Å². The average Bonchev–Trinajstić information content (AvgIpc) is 2.47. The lowest BCUT2D eigenvalue weighted by molar-refractivity contribution is 0.708. The van der Waals surface area contributed by atoms with Crippen LogP contribution in [-0.4, -0.2) is 16.5 Å². The minimum atomic E-state index is 0.392. The SMILES string of the molecule is N#Cc1ccnc(N2CCc3c(N)cccc3C2)n1. The molecule has 1 aliphatic heterocycles. The molecule has 1 aromatic carbocycles. The summed E-state index contributed by atoms with van der Waals surface area (Å²) in [6, 6.07) is 9.62. The molecule has 1 aliphatic rings. The van der Waals surface area contributed by atoms with E-state index < -0.39 is 0 Å². The first-order valence-corrected chi connectivity index (χ1v) is 6.12. The standard InChI is InChI=1S/C14H13N5/c15-8-11-4-6-17-14(18-11)19-7-5-12-10(9-19)2-1-3-13(12)16/h1-4,6H,5,7,9,16H2. The highest BCUT2D eigenvalue weighted by atomic mass is 15.2. The first-order valence-electron chi connectivity index (χ1n) is 6.12. The normalized spacial score (nSPS) is 13.7. The van der Waals surface area contributed by atoms with E-state index >= 15 is 0 Å². The third-order valence-electron chi connectivity index (χ3n) is 3.34. The van der Waals surface area contributed by atoms with Crippen LogP contribution in [0.2, 0.25) is 0 Å². The minimum Gasteiger partial charge on any atom is -0.398 e. The second-order valence-corrected chi connectivity index (χ2v) is 4.51. The molecule has 19 heavy (non-hydrogen) atoms. The zero-order valence-electron chi connectivity index (χ0n) is 10.4. The minimum absolute atomic E-state index is 0.392. The number of rotatable bonds is 1. The molecule has 5 nitrogen and oxygen atoms in total. The van der Waals surface area contributed by atoms with Crippen molar-refractivity contribution >= 4 is 11.6 Å². The Kier molecular flexibility index (Phi) is 2.76. The summed E-state index contributed by atoms with van der Waals surface area (Å²) in [5.41, 5.74) is 9.64. The van der Waals surface area contributed by atoms with Crippen molar-refractivity contribution in [2.45, 2.75) is 13.0 Å². The number of nitrogen functional groups attached to an aromatic ring is 1. The van der Waals surface area contributed by atoms with Crippen LogP contribution in [0, 0.1) is 11.3 Å². The van der Waals surface area contributed by atoms with Gasteiger partial charge in [-0.2, -0.15) is 5.26 Å². The summed E-state index contributed by atoms with van der Waals surface area (Å²) in [6.07, 6.45) is 2.50. The Morgan fingerprint density at radius 3 is 3.05 bits per heavy atom. The van der Waals surface area contributed by atoms with Gasteiger partial charge >= 0.3 is 0 Å². The molecule has 5 heteroatoms. The molecule has 0 amide bonds. The number of nitriles is 1. The second kappa shape index (κ2) is 4.58. The van der Waals surface area contributed by atoms with Gasteiger partial charge in [0.05, 0.1) is 0 Å². The number of nitrogens with zero attached hydrogens (tertiary/aromatic N) is 4. The summed E-state index contributed by atoms with van der Waals surface area (Å²) in [4.78, 5) is 10.5. The fourth-order valence-corrected chi connectivity index (χ4v) is 2.37. The molecule has 2 heterocycles. The third-order valence-corrected chi connectivity index (χ3v) is 3.34. The van der Waals surface area contributed by atoms with Crippen molar-refractivity contribution in [2.75, 3.05) is 17.2 Å². The third kappa shape index (κ3) is 2.08. The fraction of sp³-hybridized carbons (Fsp3) is 0.214. The predicted octanol–water partition coefficient (Wildman–Crippen LogP) is 1.49. The van der Waals surface area contributed by atoms with Crippen LogP contribution in [0.4, 0.5) is 11.6 Å². The summed E-state index contributed by atoms with van der Waals surface area (Å²) in [5, 5.41) is 8.88. The van der Waals surface area contributed by atoms with Crippen LogP contribution in [0.1, 0.15) is 16.8 Å². The molecule has 0 fully saturated rings. The van der Waals surface area contributed by atoms with E-state index in [1.54, 1.807) is 12.3 Å². The van der Waals surface area contributed by atoms with E-state index in [1.165, 1.54) is 11.1 Å². The highest BCUT2D eigenvalue weighted by Crippen LogP contribution is 2.25. The number of aromatic nitrogens is 2. The lowest BCUT2D eigenvalue weighted by Gasteiger charge is -2.29. The molecule has 0 spiro atoms. The van der Waals surface area contributed by atoms with Crippen LogP contribution in [0.25, 0.3) is 0 Å². The molecule has 0 bridgehead atoms. The van der Waals surface area contributed by atoms with Gasteiger partial charge in [-0.15, -0.1) is 0 Å². The first kappa shape index (κ1) is 11.5. The van der Waals surface area contributed by atoms with E-state index in [1.807, 2.05) is 18.2 Å². The van der Waals surface area contributed by atoms with Crippen LogP contribution >= 0.6 is 0 Å². The van der Waals surface area contributed by atoms with Crippen LogP contribution in [0.3, 0.4) is 0 Å². The van der Waals surface area contributed by atoms with Gasteiger partial charge in [-0.1, -0.05) is 12.1 Å². The van der Waals surface area contributed by atoms with Crippen LogP contribution in [0.15, 0.2) is 30.5 Å². The molecule has 0 radical (unpaired) electrons. The summed E-state index contributed by atoms with van der Waals surface area (Å²) >= 11 is 0. The highest BCUT2D eigenvalue weighted by Gasteiger charge is 2.19. The van der Waals surface area contributed by atoms with Gasteiger partial charge in [0.2, 0.25) is 5.95 Å². The van der Waals surface area contributed by atoms with Crippen molar-refractivity contribution in [2.24, 2.45) is 0 Å². The predicted molar refractivity (Wildman–Crippen MR) is 72.4 cm³/mol. The Bertz CT molecular complexity index is 659. The van der Waals surface area contributed by atoms with Gasteiger partial charge in [-0.05, 0) is 29.7 Å². The van der Waals surface area contributed by atoms with Crippen molar-refractivity contribution in [1.29, 1.82) is 5.26 Å². The Balaban J connectivity index is 1.92. The highest BCUT2D eigenvalue weighted by molar-refractivity contribution is 5.54. The Morgan fingerprint density at radius 2 is 2.21 bits per heavy atom. The van der Waals surface area contributed by atoms with Gasteiger partial charge in [-0.25, -0.2) is 9.97 Å². The summed E-state index contributed by atoms with van der Waals surface area (Å²) in [6.45, 7) is 1.55. The molecular weight excluding hydrogens is 238 g/mol. The van der Waals surface area contributed by atoms with Gasteiger partial charge in [0.15, 0.2) is 0 Å². The molecule has 94 valence electrons. The summed E-state index contributed by atoms with van der Waals surface area (Å²) in [7, 11) is 0. The Hall–Kier alpha value is -2.61. The number of benzene rings is 1. The summed E-state index contributed by atoms with van der Waals surface area (Å²) < 4.78 is 0. The average molecular weight is 251 g/mol. The van der Waals surface area contributed by atoms with Crippen molar-refractivity contribution in [3.63, 3.8) is 0 Å². The number of nitrogens with two attached hydrogens (primary N) is 1. The smallest absolute Gasteiger partial charge is 0.226 e. The first-order chi connectivity index (χ1) is 9.28. The van der Waals surface area contributed by atoms with E-state index in [2.05, 4.69) is 20.9 Å².